The minimum absolute atomic E-state index is 0.733. The molecular weight excluding hydrogens is 154 g/mol. The van der Waals surface area contributed by atoms with Gasteiger partial charge < -0.3 is 4.90 Å². The summed E-state index contributed by atoms with van der Waals surface area (Å²) in [6.07, 6.45) is 2.52. The number of hydrogen-bond donors (Lipinski definition) is 1. The Balaban J connectivity index is 3.51. The van der Waals surface area contributed by atoms with Crippen molar-refractivity contribution in [3.8, 4) is 0 Å². The van der Waals surface area contributed by atoms with Crippen LogP contribution in [0, 0.1) is 0 Å². The molecule has 1 atom stereocenters. The van der Waals surface area contributed by atoms with Crippen LogP contribution in [0.3, 0.4) is 0 Å². The van der Waals surface area contributed by atoms with Gasteiger partial charge in [-0.1, -0.05) is 13.8 Å². The lowest BCUT2D eigenvalue weighted by Crippen LogP contribution is -2.32. The zero-order valence-corrected chi connectivity index (χ0v) is 8.90. The molecule has 68 valence electrons. The molecule has 0 radical (unpaired) electrons. The van der Waals surface area contributed by atoms with Crippen LogP contribution in [0.25, 0.3) is 0 Å². The fourth-order valence-corrected chi connectivity index (χ4v) is 1.60. The van der Waals surface area contributed by atoms with Gasteiger partial charge in [0.1, 0.15) is 0 Å². The van der Waals surface area contributed by atoms with Crippen molar-refractivity contribution in [3.05, 3.63) is 0 Å². The van der Waals surface area contributed by atoms with Gasteiger partial charge in [-0.2, -0.15) is 12.6 Å². The summed E-state index contributed by atoms with van der Waals surface area (Å²) in [4.78, 5) is 2.49. The third-order valence-electron chi connectivity index (χ3n) is 2.22. The maximum Gasteiger partial charge on any atom is 0.00669 e. The van der Waals surface area contributed by atoms with Crippen LogP contribution in [-0.2, 0) is 0 Å². The van der Waals surface area contributed by atoms with Crippen LogP contribution in [-0.4, -0.2) is 29.8 Å². The average molecular weight is 175 g/mol. The number of nitrogens with zero attached hydrogens (tertiary/aromatic N) is 1. The summed E-state index contributed by atoms with van der Waals surface area (Å²) < 4.78 is 0. The van der Waals surface area contributed by atoms with Gasteiger partial charge in [-0.15, -0.1) is 0 Å². The van der Waals surface area contributed by atoms with E-state index in [1.165, 1.54) is 25.9 Å². The first-order valence-electron chi connectivity index (χ1n) is 4.61. The van der Waals surface area contributed by atoms with Gasteiger partial charge in [0.15, 0.2) is 0 Å². The van der Waals surface area contributed by atoms with Crippen LogP contribution in [0.4, 0.5) is 0 Å². The van der Waals surface area contributed by atoms with Crippen LogP contribution in [0.2, 0.25) is 0 Å². The number of hydrogen-bond acceptors (Lipinski definition) is 2. The van der Waals surface area contributed by atoms with E-state index in [9.17, 15) is 0 Å². The van der Waals surface area contributed by atoms with E-state index in [2.05, 4.69) is 38.3 Å². The van der Waals surface area contributed by atoms with Gasteiger partial charge in [0, 0.05) is 6.04 Å². The molecule has 1 nitrogen and oxygen atoms in total. The molecule has 0 aromatic rings. The molecule has 0 saturated carbocycles. The third kappa shape index (κ3) is 4.70. The van der Waals surface area contributed by atoms with Crippen LogP contribution in [0.1, 0.15) is 33.6 Å². The minimum atomic E-state index is 0.733. The van der Waals surface area contributed by atoms with E-state index in [-0.39, 0.29) is 0 Å². The predicted octanol–water partition coefficient (Wildman–Crippen LogP) is 2.43. The fourth-order valence-electron chi connectivity index (χ4n) is 1.42. The van der Waals surface area contributed by atoms with Crippen LogP contribution in [0.5, 0.6) is 0 Å². The van der Waals surface area contributed by atoms with E-state index in [4.69, 9.17) is 0 Å². The summed E-state index contributed by atoms with van der Waals surface area (Å²) in [5.74, 6) is 1.02. The molecule has 0 amide bonds. The molecule has 0 rings (SSSR count). The lowest BCUT2D eigenvalue weighted by atomic mass is 10.1. The molecule has 11 heavy (non-hydrogen) atoms. The summed E-state index contributed by atoms with van der Waals surface area (Å²) in [5, 5.41) is 0. The Kier molecular flexibility index (Phi) is 7.18. The lowest BCUT2D eigenvalue weighted by Gasteiger charge is -2.25. The summed E-state index contributed by atoms with van der Waals surface area (Å²) >= 11 is 4.20. The number of rotatable bonds is 6. The second-order valence-corrected chi connectivity index (χ2v) is 3.38. The first-order valence-corrected chi connectivity index (χ1v) is 5.24. The second kappa shape index (κ2) is 6.99. The summed E-state index contributed by atoms with van der Waals surface area (Å²) in [6, 6.07) is 0.733. The minimum Gasteiger partial charge on any atom is -0.301 e. The molecule has 0 fully saturated rings. The van der Waals surface area contributed by atoms with Crippen LogP contribution in [0.15, 0.2) is 0 Å². The first-order chi connectivity index (χ1) is 5.26. The van der Waals surface area contributed by atoms with E-state index in [0.717, 1.165) is 11.8 Å². The Morgan fingerprint density at radius 1 is 1.27 bits per heavy atom. The predicted molar refractivity (Wildman–Crippen MR) is 55.5 cm³/mol. The van der Waals surface area contributed by atoms with Crippen molar-refractivity contribution in [2.45, 2.75) is 39.7 Å². The monoisotopic (exact) mass is 175 g/mol. The van der Waals surface area contributed by atoms with Gasteiger partial charge >= 0.3 is 0 Å². The summed E-state index contributed by atoms with van der Waals surface area (Å²) in [7, 11) is 0. The zero-order valence-electron chi connectivity index (χ0n) is 8.01. The quantitative estimate of drug-likeness (QED) is 0.607. The lowest BCUT2D eigenvalue weighted by molar-refractivity contribution is 0.220. The maximum absolute atomic E-state index is 4.20. The molecule has 0 aliphatic rings. The topological polar surface area (TPSA) is 3.24 Å². The highest BCUT2D eigenvalue weighted by molar-refractivity contribution is 7.80. The van der Waals surface area contributed by atoms with E-state index >= 15 is 0 Å². The van der Waals surface area contributed by atoms with Crippen molar-refractivity contribution < 1.29 is 0 Å². The van der Waals surface area contributed by atoms with Crippen molar-refractivity contribution in [2.75, 3.05) is 18.8 Å². The maximum atomic E-state index is 4.20. The van der Waals surface area contributed by atoms with Gasteiger partial charge in [-0.25, -0.2) is 0 Å². The molecule has 0 spiro atoms. The summed E-state index contributed by atoms with van der Waals surface area (Å²) in [5.41, 5.74) is 0. The zero-order chi connectivity index (χ0) is 8.69. The van der Waals surface area contributed by atoms with Crippen molar-refractivity contribution in [2.24, 2.45) is 0 Å². The van der Waals surface area contributed by atoms with Crippen molar-refractivity contribution in [3.63, 3.8) is 0 Å². The van der Waals surface area contributed by atoms with Gasteiger partial charge in [-0.05, 0) is 38.6 Å². The molecule has 0 aliphatic heterocycles. The van der Waals surface area contributed by atoms with Crippen molar-refractivity contribution in [1.29, 1.82) is 0 Å². The molecule has 0 aliphatic carbocycles. The highest BCUT2D eigenvalue weighted by Gasteiger charge is 2.07. The Bertz CT molecular complexity index is 81.6. The van der Waals surface area contributed by atoms with Gasteiger partial charge in [0.25, 0.3) is 0 Å². The molecule has 0 saturated heterocycles. The number of thiol groups is 1. The van der Waals surface area contributed by atoms with E-state index in [1.54, 1.807) is 0 Å². The average Bonchev–Trinajstić information content (AvgIpc) is 2.03. The SMILES string of the molecule is CCN(CC)C(C)CCCS. The first kappa shape index (κ1) is 11.3. The van der Waals surface area contributed by atoms with Crippen LogP contribution >= 0.6 is 12.6 Å². The Morgan fingerprint density at radius 3 is 2.18 bits per heavy atom. The van der Waals surface area contributed by atoms with E-state index in [0.29, 0.717) is 0 Å². The standard InChI is InChI=1S/C9H21NS/c1-4-10(5-2)9(3)7-6-8-11/h9,11H,4-8H2,1-3H3. The fraction of sp³-hybridized carbons (Fsp3) is 1.00. The van der Waals surface area contributed by atoms with E-state index in [1.807, 2.05) is 0 Å². The smallest absolute Gasteiger partial charge is 0.00669 e. The molecule has 2 heteroatoms. The van der Waals surface area contributed by atoms with Crippen LogP contribution < -0.4 is 0 Å². The Hall–Kier alpha value is 0.310. The largest absolute Gasteiger partial charge is 0.301 e. The van der Waals surface area contributed by atoms with Gasteiger partial charge in [-0.3, -0.25) is 0 Å². The molecule has 0 N–H and O–H groups in total. The Labute approximate surface area is 76.6 Å². The highest BCUT2D eigenvalue weighted by atomic mass is 32.1. The van der Waals surface area contributed by atoms with Gasteiger partial charge in [0.05, 0.1) is 0 Å². The Morgan fingerprint density at radius 2 is 1.82 bits per heavy atom. The third-order valence-corrected chi connectivity index (χ3v) is 2.53. The summed E-state index contributed by atoms with van der Waals surface area (Å²) in [6.45, 7) is 9.09. The molecular formula is C9H21NS. The van der Waals surface area contributed by atoms with Gasteiger partial charge in [0.2, 0.25) is 0 Å². The molecule has 1 unspecified atom stereocenters. The van der Waals surface area contributed by atoms with Crippen molar-refractivity contribution >= 4 is 12.6 Å². The molecule has 0 aromatic heterocycles. The normalized spacial score (nSPS) is 13.9. The second-order valence-electron chi connectivity index (χ2n) is 2.94. The molecule has 0 aromatic carbocycles. The van der Waals surface area contributed by atoms with Crippen molar-refractivity contribution in [1.82, 2.24) is 4.90 Å². The molecule has 0 heterocycles. The molecule has 0 bridgehead atoms. The highest BCUT2D eigenvalue weighted by Crippen LogP contribution is 2.06. The van der Waals surface area contributed by atoms with E-state index < -0.39 is 0 Å².